The molecule has 142 valence electrons. The molecule has 0 bridgehead atoms. The van der Waals surface area contributed by atoms with Crippen LogP contribution in [0.15, 0.2) is 55.2 Å². The zero-order valence-electron chi connectivity index (χ0n) is 15.9. The highest BCUT2D eigenvalue weighted by Crippen LogP contribution is 2.31. The lowest BCUT2D eigenvalue weighted by Crippen LogP contribution is -2.16. The van der Waals surface area contributed by atoms with Crippen LogP contribution < -0.4 is 16.8 Å². The predicted molar refractivity (Wildman–Crippen MR) is 113 cm³/mol. The molecule has 3 heterocycles. The zero-order chi connectivity index (χ0) is 19.7. The van der Waals surface area contributed by atoms with Gasteiger partial charge in [-0.25, -0.2) is 4.98 Å². The lowest BCUT2D eigenvalue weighted by molar-refractivity contribution is 0.501. The number of nitrogen functional groups attached to an aromatic ring is 1. The summed E-state index contributed by atoms with van der Waals surface area (Å²) >= 11 is 0. The summed E-state index contributed by atoms with van der Waals surface area (Å²) in [6, 6.07) is 8.21. The van der Waals surface area contributed by atoms with E-state index in [0.29, 0.717) is 12.2 Å². The van der Waals surface area contributed by atoms with Gasteiger partial charge in [-0.05, 0) is 54.6 Å². The number of aromatic nitrogens is 4. The number of nitrogens with zero attached hydrogens (tertiary/aromatic N) is 4. The zero-order valence-corrected chi connectivity index (χ0v) is 15.9. The van der Waals surface area contributed by atoms with Crippen LogP contribution in [0.3, 0.4) is 0 Å². The summed E-state index contributed by atoms with van der Waals surface area (Å²) in [4.78, 5) is 8.74. The van der Waals surface area contributed by atoms with Crippen molar-refractivity contribution < 1.29 is 0 Å². The molecule has 0 aliphatic carbocycles. The van der Waals surface area contributed by atoms with Gasteiger partial charge in [0.15, 0.2) is 0 Å². The van der Waals surface area contributed by atoms with Crippen molar-refractivity contribution in [3.8, 4) is 11.1 Å². The maximum Gasteiger partial charge on any atom is 0.131 e. The Kier molecular flexibility index (Phi) is 4.67. The van der Waals surface area contributed by atoms with Crippen LogP contribution in [0.1, 0.15) is 18.5 Å². The van der Waals surface area contributed by atoms with Gasteiger partial charge in [-0.1, -0.05) is 0 Å². The maximum atomic E-state index is 6.29. The van der Waals surface area contributed by atoms with E-state index in [4.69, 9.17) is 11.5 Å². The molecule has 0 saturated carbocycles. The van der Waals surface area contributed by atoms with Crippen LogP contribution in [-0.2, 0) is 0 Å². The molecule has 7 nitrogen and oxygen atoms in total. The third-order valence-electron chi connectivity index (χ3n) is 4.89. The lowest BCUT2D eigenvalue weighted by atomic mass is 9.99. The molecule has 1 atom stereocenters. The van der Waals surface area contributed by atoms with E-state index in [1.54, 1.807) is 18.6 Å². The van der Waals surface area contributed by atoms with Gasteiger partial charge in [0.1, 0.15) is 5.82 Å². The summed E-state index contributed by atoms with van der Waals surface area (Å²) in [7, 11) is 0. The third kappa shape index (κ3) is 3.39. The Labute approximate surface area is 163 Å². The van der Waals surface area contributed by atoms with Crippen molar-refractivity contribution >= 4 is 28.0 Å². The van der Waals surface area contributed by atoms with Crippen molar-refractivity contribution in [1.82, 2.24) is 19.7 Å². The van der Waals surface area contributed by atoms with E-state index < -0.39 is 0 Å². The van der Waals surface area contributed by atoms with Crippen LogP contribution in [0.2, 0.25) is 0 Å². The van der Waals surface area contributed by atoms with Gasteiger partial charge < -0.3 is 16.8 Å². The quantitative estimate of drug-likeness (QED) is 0.461. The second kappa shape index (κ2) is 7.28. The van der Waals surface area contributed by atoms with Gasteiger partial charge in [-0.15, -0.1) is 0 Å². The average molecular weight is 373 g/mol. The van der Waals surface area contributed by atoms with E-state index >= 15 is 0 Å². The van der Waals surface area contributed by atoms with E-state index in [1.807, 2.05) is 42.2 Å². The Hall–Kier alpha value is -3.45. The van der Waals surface area contributed by atoms with E-state index in [9.17, 15) is 0 Å². The number of hydrogen-bond donors (Lipinski definition) is 3. The van der Waals surface area contributed by atoms with Crippen molar-refractivity contribution in [3.05, 3.63) is 60.8 Å². The van der Waals surface area contributed by atoms with Gasteiger partial charge >= 0.3 is 0 Å². The van der Waals surface area contributed by atoms with Crippen LogP contribution in [0.25, 0.3) is 21.9 Å². The minimum absolute atomic E-state index is 0.144. The second-order valence-corrected chi connectivity index (χ2v) is 6.97. The van der Waals surface area contributed by atoms with Crippen molar-refractivity contribution in [2.45, 2.75) is 19.9 Å². The fourth-order valence-electron chi connectivity index (χ4n) is 3.18. The van der Waals surface area contributed by atoms with Crippen LogP contribution in [0.4, 0.5) is 17.2 Å². The Morgan fingerprint density at radius 3 is 2.82 bits per heavy atom. The fraction of sp³-hybridized carbons (Fsp3) is 0.190. The average Bonchev–Trinajstić information content (AvgIpc) is 3.16. The minimum Gasteiger partial charge on any atom is -0.398 e. The number of nitrogens with two attached hydrogens (primary N) is 2. The molecule has 0 aliphatic rings. The highest BCUT2D eigenvalue weighted by Gasteiger charge is 2.09. The SMILES string of the molecule is Cc1ccncc1-c1cc(N)c2cnc(Nc3cnn([C@@H](C)CN)c3)cc2c1. The highest BCUT2D eigenvalue weighted by molar-refractivity contribution is 5.97. The molecule has 0 fully saturated rings. The molecule has 5 N–H and O–H groups in total. The summed E-state index contributed by atoms with van der Waals surface area (Å²) in [6.45, 7) is 4.62. The Bertz CT molecular complexity index is 1130. The number of pyridine rings is 2. The first-order chi connectivity index (χ1) is 13.5. The molecular formula is C21H23N7. The number of benzene rings is 1. The molecule has 0 amide bonds. The molecule has 0 unspecified atom stereocenters. The van der Waals surface area contributed by atoms with Gasteiger partial charge in [0, 0.05) is 48.0 Å². The van der Waals surface area contributed by atoms with Crippen molar-refractivity contribution in [2.75, 3.05) is 17.6 Å². The van der Waals surface area contributed by atoms with Crippen LogP contribution in [0, 0.1) is 6.92 Å². The normalized spacial score (nSPS) is 12.2. The van der Waals surface area contributed by atoms with Crippen molar-refractivity contribution in [2.24, 2.45) is 5.73 Å². The lowest BCUT2D eigenvalue weighted by Gasteiger charge is -2.11. The van der Waals surface area contributed by atoms with Crippen LogP contribution >= 0.6 is 0 Å². The van der Waals surface area contributed by atoms with Gasteiger partial charge in [0.2, 0.25) is 0 Å². The monoisotopic (exact) mass is 373 g/mol. The summed E-state index contributed by atoms with van der Waals surface area (Å²) < 4.78 is 1.84. The molecule has 3 aromatic heterocycles. The predicted octanol–water partition coefficient (Wildman–Crippen LogP) is 3.65. The van der Waals surface area contributed by atoms with Gasteiger partial charge in [-0.2, -0.15) is 5.10 Å². The molecule has 4 aromatic rings. The number of hydrogen-bond acceptors (Lipinski definition) is 6. The molecule has 0 spiro atoms. The van der Waals surface area contributed by atoms with E-state index in [-0.39, 0.29) is 6.04 Å². The summed E-state index contributed by atoms with van der Waals surface area (Å²) in [5, 5.41) is 9.57. The highest BCUT2D eigenvalue weighted by atomic mass is 15.3. The maximum absolute atomic E-state index is 6.29. The van der Waals surface area contributed by atoms with E-state index in [2.05, 4.69) is 33.4 Å². The third-order valence-corrected chi connectivity index (χ3v) is 4.89. The van der Waals surface area contributed by atoms with E-state index in [1.165, 1.54) is 0 Å². The minimum atomic E-state index is 0.144. The van der Waals surface area contributed by atoms with Crippen LogP contribution in [-0.4, -0.2) is 26.3 Å². The van der Waals surface area contributed by atoms with Crippen molar-refractivity contribution in [3.63, 3.8) is 0 Å². The summed E-state index contributed by atoms with van der Waals surface area (Å²) in [5.41, 5.74) is 16.8. The first-order valence-corrected chi connectivity index (χ1v) is 9.16. The number of nitrogens with one attached hydrogen (secondary N) is 1. The number of fused-ring (bicyclic) bond motifs is 1. The molecule has 0 radical (unpaired) electrons. The summed E-state index contributed by atoms with van der Waals surface area (Å²) in [6.07, 6.45) is 9.14. The topological polar surface area (TPSA) is 108 Å². The molecule has 0 aliphatic heterocycles. The standard InChI is InChI=1S/C21H23N7/c1-13-3-4-24-10-18(13)15-5-16-7-21(25-11-19(16)20(23)6-15)27-17-9-26-28(12-17)14(2)8-22/h3-7,9-12,14H,8,22-23H2,1-2H3,(H,25,27)/t14-/m0/s1. The summed E-state index contributed by atoms with van der Waals surface area (Å²) in [5.74, 6) is 0.729. The Balaban J connectivity index is 1.70. The second-order valence-electron chi connectivity index (χ2n) is 6.97. The number of rotatable bonds is 5. The fourth-order valence-corrected chi connectivity index (χ4v) is 3.18. The number of aryl methyl sites for hydroxylation is 1. The Morgan fingerprint density at radius 1 is 1.18 bits per heavy atom. The smallest absolute Gasteiger partial charge is 0.131 e. The van der Waals surface area contributed by atoms with Crippen LogP contribution in [0.5, 0.6) is 0 Å². The first-order valence-electron chi connectivity index (χ1n) is 9.16. The van der Waals surface area contributed by atoms with Gasteiger partial charge in [0.05, 0.1) is 17.9 Å². The first kappa shape index (κ1) is 17.9. The molecule has 1 aromatic carbocycles. The van der Waals surface area contributed by atoms with Gasteiger partial charge in [0.25, 0.3) is 0 Å². The largest absolute Gasteiger partial charge is 0.398 e. The van der Waals surface area contributed by atoms with Crippen molar-refractivity contribution in [1.29, 1.82) is 0 Å². The molecule has 0 saturated heterocycles. The molecule has 7 heteroatoms. The molecular weight excluding hydrogens is 350 g/mol. The number of anilines is 3. The Morgan fingerprint density at radius 2 is 2.04 bits per heavy atom. The molecule has 28 heavy (non-hydrogen) atoms. The molecule has 4 rings (SSSR count). The van der Waals surface area contributed by atoms with E-state index in [0.717, 1.165) is 39.0 Å². The van der Waals surface area contributed by atoms with Gasteiger partial charge in [-0.3, -0.25) is 9.67 Å².